The van der Waals surface area contributed by atoms with Crippen LogP contribution in [0.1, 0.15) is 48.0 Å². The van der Waals surface area contributed by atoms with E-state index in [2.05, 4.69) is 0 Å². The van der Waals surface area contributed by atoms with Gasteiger partial charge in [0.1, 0.15) is 11.4 Å². The van der Waals surface area contributed by atoms with Gasteiger partial charge in [0.15, 0.2) is 5.92 Å². The van der Waals surface area contributed by atoms with Gasteiger partial charge < -0.3 is 14.6 Å². The topological polar surface area (TPSA) is 80.7 Å². The summed E-state index contributed by atoms with van der Waals surface area (Å²) in [6.07, 6.45) is 0.0171. The number of esters is 1. The summed E-state index contributed by atoms with van der Waals surface area (Å²) in [5, 5.41) is 9.18. The molecule has 0 aromatic heterocycles. The number of carbonyl (C=O) groups is 3. The highest BCUT2D eigenvalue weighted by Crippen LogP contribution is 2.33. The predicted octanol–water partition coefficient (Wildman–Crippen LogP) is 2.03. The summed E-state index contributed by atoms with van der Waals surface area (Å²) in [6, 6.07) is 0. The fourth-order valence-corrected chi connectivity index (χ4v) is 1.86. The van der Waals surface area contributed by atoms with E-state index in [1.807, 2.05) is 0 Å². The lowest BCUT2D eigenvalue weighted by molar-refractivity contribution is -0.172. The molecule has 1 N–H and O–H groups in total. The van der Waals surface area contributed by atoms with Crippen molar-refractivity contribution < 1.29 is 24.2 Å². The van der Waals surface area contributed by atoms with Gasteiger partial charge in [-0.1, -0.05) is 13.8 Å². The van der Waals surface area contributed by atoms with Crippen molar-refractivity contribution >= 4 is 17.7 Å². The van der Waals surface area contributed by atoms with Gasteiger partial charge in [0, 0.05) is 6.42 Å². The van der Waals surface area contributed by atoms with Crippen LogP contribution in [0, 0.1) is 11.3 Å². The molecular weight excluding hydrogens is 236 g/mol. The van der Waals surface area contributed by atoms with Gasteiger partial charge in [0.05, 0.1) is 0 Å². The Labute approximate surface area is 108 Å². The van der Waals surface area contributed by atoms with Gasteiger partial charge in [0.2, 0.25) is 0 Å². The number of aliphatic carboxylic acids is 1. The second-order valence-electron chi connectivity index (χ2n) is 6.17. The molecule has 0 fully saturated rings. The van der Waals surface area contributed by atoms with E-state index in [1.165, 1.54) is 6.92 Å². The Morgan fingerprint density at radius 2 is 1.56 bits per heavy atom. The normalized spacial score (nSPS) is 13.9. The third kappa shape index (κ3) is 5.29. The minimum absolute atomic E-state index is 0.0171. The Kier molecular flexibility index (Phi) is 5.08. The SMILES string of the molecule is CC(=O)CC(C)(C)[C@@H](C(=O)O)C(=O)OC(C)(C)C. The first-order valence-corrected chi connectivity index (χ1v) is 5.82. The monoisotopic (exact) mass is 258 g/mol. The maximum atomic E-state index is 11.9. The highest BCUT2D eigenvalue weighted by molar-refractivity contribution is 5.95. The van der Waals surface area contributed by atoms with E-state index in [1.54, 1.807) is 34.6 Å². The maximum Gasteiger partial charge on any atom is 0.321 e. The van der Waals surface area contributed by atoms with Crippen LogP contribution in [0.3, 0.4) is 0 Å². The molecule has 5 heteroatoms. The zero-order valence-electron chi connectivity index (χ0n) is 11.9. The van der Waals surface area contributed by atoms with Crippen molar-refractivity contribution in [2.24, 2.45) is 11.3 Å². The molecule has 0 aliphatic heterocycles. The molecule has 0 radical (unpaired) electrons. The van der Waals surface area contributed by atoms with Crippen LogP contribution in [0.25, 0.3) is 0 Å². The Hall–Kier alpha value is -1.39. The molecule has 1 atom stereocenters. The van der Waals surface area contributed by atoms with Crippen molar-refractivity contribution in [1.29, 1.82) is 0 Å². The average Bonchev–Trinajstić information content (AvgIpc) is 1.93. The lowest BCUT2D eigenvalue weighted by Gasteiger charge is -2.31. The summed E-state index contributed by atoms with van der Waals surface area (Å²) in [5.41, 5.74) is -1.73. The summed E-state index contributed by atoms with van der Waals surface area (Å²) in [5.74, 6) is -3.58. The third-order valence-electron chi connectivity index (χ3n) is 2.38. The molecule has 0 aliphatic rings. The van der Waals surface area contributed by atoms with Crippen LogP contribution >= 0.6 is 0 Å². The standard InChI is InChI=1S/C13H22O5/c1-8(14)7-13(5,6)9(10(15)16)11(17)18-12(2,3)4/h9H,7H2,1-6H3,(H,15,16)/t9-/m0/s1. The molecule has 18 heavy (non-hydrogen) atoms. The van der Waals surface area contributed by atoms with Crippen molar-refractivity contribution in [3.8, 4) is 0 Å². The lowest BCUT2D eigenvalue weighted by atomic mass is 9.75. The number of carboxylic acid groups (broad SMARTS) is 1. The van der Waals surface area contributed by atoms with Gasteiger partial charge >= 0.3 is 11.9 Å². The van der Waals surface area contributed by atoms with Crippen LogP contribution in [0.5, 0.6) is 0 Å². The van der Waals surface area contributed by atoms with E-state index in [0.717, 1.165) is 0 Å². The Balaban J connectivity index is 5.14. The first-order valence-electron chi connectivity index (χ1n) is 5.82. The maximum absolute atomic E-state index is 11.9. The zero-order valence-corrected chi connectivity index (χ0v) is 11.9. The van der Waals surface area contributed by atoms with Crippen molar-refractivity contribution in [2.45, 2.75) is 53.6 Å². The van der Waals surface area contributed by atoms with Crippen LogP contribution < -0.4 is 0 Å². The van der Waals surface area contributed by atoms with Crippen LogP contribution in [-0.4, -0.2) is 28.4 Å². The highest BCUT2D eigenvalue weighted by Gasteiger charge is 2.44. The molecule has 0 rings (SSSR count). The van der Waals surface area contributed by atoms with E-state index >= 15 is 0 Å². The van der Waals surface area contributed by atoms with Gasteiger partial charge in [-0.25, -0.2) is 0 Å². The molecule has 104 valence electrons. The molecule has 0 bridgehead atoms. The molecule has 5 nitrogen and oxygen atoms in total. The molecule has 0 aromatic rings. The van der Waals surface area contributed by atoms with E-state index in [0.29, 0.717) is 0 Å². The molecular formula is C13H22O5. The van der Waals surface area contributed by atoms with Crippen LogP contribution in [-0.2, 0) is 19.1 Å². The number of ketones is 1. The van der Waals surface area contributed by atoms with Crippen LogP contribution in [0.4, 0.5) is 0 Å². The number of hydrogen-bond acceptors (Lipinski definition) is 4. The second kappa shape index (κ2) is 5.50. The van der Waals surface area contributed by atoms with Crippen molar-refractivity contribution in [2.75, 3.05) is 0 Å². The Morgan fingerprint density at radius 3 is 1.83 bits per heavy atom. The fourth-order valence-electron chi connectivity index (χ4n) is 1.86. The largest absolute Gasteiger partial charge is 0.481 e. The minimum Gasteiger partial charge on any atom is -0.481 e. The van der Waals surface area contributed by atoms with Gasteiger partial charge in [0.25, 0.3) is 0 Å². The fraction of sp³-hybridized carbons (Fsp3) is 0.769. The second-order valence-corrected chi connectivity index (χ2v) is 6.17. The molecule has 0 unspecified atom stereocenters. The van der Waals surface area contributed by atoms with Gasteiger partial charge in [-0.05, 0) is 33.1 Å². The lowest BCUT2D eigenvalue weighted by Crippen LogP contribution is -2.42. The third-order valence-corrected chi connectivity index (χ3v) is 2.38. The zero-order chi connectivity index (χ0) is 14.7. The molecule has 0 heterocycles. The Morgan fingerprint density at radius 1 is 1.11 bits per heavy atom. The first-order chi connectivity index (χ1) is 7.87. The quantitative estimate of drug-likeness (QED) is 0.603. The van der Waals surface area contributed by atoms with E-state index in [9.17, 15) is 19.5 Å². The van der Waals surface area contributed by atoms with Crippen LogP contribution in [0.15, 0.2) is 0 Å². The van der Waals surface area contributed by atoms with Crippen molar-refractivity contribution in [3.05, 3.63) is 0 Å². The average molecular weight is 258 g/mol. The number of ether oxygens (including phenoxy) is 1. The van der Waals surface area contributed by atoms with Crippen molar-refractivity contribution in [3.63, 3.8) is 0 Å². The van der Waals surface area contributed by atoms with Gasteiger partial charge in [-0.15, -0.1) is 0 Å². The molecule has 0 saturated carbocycles. The molecule has 0 aromatic carbocycles. The first kappa shape index (κ1) is 16.6. The number of carboxylic acids is 1. The number of rotatable bonds is 5. The molecule has 0 spiro atoms. The van der Waals surface area contributed by atoms with Crippen molar-refractivity contribution in [1.82, 2.24) is 0 Å². The molecule has 0 aliphatic carbocycles. The van der Waals surface area contributed by atoms with E-state index in [4.69, 9.17) is 4.74 Å². The van der Waals surface area contributed by atoms with E-state index < -0.39 is 28.9 Å². The summed E-state index contributed by atoms with van der Waals surface area (Å²) >= 11 is 0. The Bertz CT molecular complexity index is 349. The summed E-state index contributed by atoms with van der Waals surface area (Å²) in [7, 11) is 0. The number of carbonyl (C=O) groups excluding carboxylic acids is 2. The molecule has 0 saturated heterocycles. The predicted molar refractivity (Wildman–Crippen MR) is 66.0 cm³/mol. The summed E-state index contributed by atoms with van der Waals surface area (Å²) in [6.45, 7) is 9.54. The minimum atomic E-state index is -1.35. The highest BCUT2D eigenvalue weighted by atomic mass is 16.6. The van der Waals surface area contributed by atoms with Gasteiger partial charge in [-0.2, -0.15) is 0 Å². The summed E-state index contributed by atoms with van der Waals surface area (Å²) in [4.78, 5) is 34.3. The van der Waals surface area contributed by atoms with Crippen LogP contribution in [0.2, 0.25) is 0 Å². The summed E-state index contributed by atoms with van der Waals surface area (Å²) < 4.78 is 5.10. The smallest absolute Gasteiger partial charge is 0.321 e. The number of Topliss-reactive ketones (excluding diaryl/α,β-unsaturated/α-hetero) is 1. The number of hydrogen-bond donors (Lipinski definition) is 1. The molecule has 0 amide bonds. The van der Waals surface area contributed by atoms with Gasteiger partial charge in [-0.3, -0.25) is 9.59 Å². The van der Waals surface area contributed by atoms with E-state index in [-0.39, 0.29) is 12.2 Å².